The van der Waals surface area contributed by atoms with Crippen LogP contribution in [0, 0.1) is 17.3 Å². The molecule has 162 valence electrons. The van der Waals surface area contributed by atoms with Crippen LogP contribution in [0.1, 0.15) is 62.5 Å². The second kappa shape index (κ2) is 7.94. The average molecular weight is 457 g/mol. The van der Waals surface area contributed by atoms with E-state index in [9.17, 15) is 9.59 Å². The fourth-order valence-electron chi connectivity index (χ4n) is 6.43. The topological polar surface area (TPSA) is 43.4 Å². The second-order valence-corrected chi connectivity index (χ2v) is 10.1. The minimum atomic E-state index is -0.664. The van der Waals surface area contributed by atoms with Crippen LogP contribution in [0.3, 0.4) is 0 Å². The van der Waals surface area contributed by atoms with Gasteiger partial charge in [0.15, 0.2) is 11.6 Å². The van der Waals surface area contributed by atoms with Gasteiger partial charge in [0.2, 0.25) is 0 Å². The quantitative estimate of drug-likeness (QED) is 0.457. The second-order valence-electron chi connectivity index (χ2n) is 9.27. The Kier molecular flexibility index (Phi) is 5.38. The number of carbonyl (C=O) groups is 2. The number of rotatable bonds is 4. The van der Waals surface area contributed by atoms with Crippen molar-refractivity contribution in [3.05, 3.63) is 57.6 Å². The molecule has 0 spiro atoms. The van der Waals surface area contributed by atoms with Gasteiger partial charge in [0.05, 0.1) is 5.02 Å². The Bertz CT molecular complexity index is 1050. The number of ether oxygens (including phenoxy) is 1. The first-order valence-electron chi connectivity index (χ1n) is 11.3. The lowest BCUT2D eigenvalue weighted by atomic mass is 9.56. The van der Waals surface area contributed by atoms with E-state index in [-0.39, 0.29) is 17.5 Å². The van der Waals surface area contributed by atoms with E-state index < -0.39 is 11.3 Å². The maximum absolute atomic E-state index is 13.8. The fourth-order valence-corrected chi connectivity index (χ4v) is 6.88. The Hall–Kier alpha value is -1.84. The molecule has 0 heterocycles. The Morgan fingerprint density at radius 1 is 1.03 bits per heavy atom. The lowest BCUT2D eigenvalue weighted by Crippen LogP contribution is -2.44. The van der Waals surface area contributed by atoms with Crippen LogP contribution in [0.4, 0.5) is 0 Å². The third-order valence-corrected chi connectivity index (χ3v) is 8.27. The first kappa shape index (κ1) is 21.0. The van der Waals surface area contributed by atoms with E-state index in [1.165, 1.54) is 0 Å². The minimum Gasteiger partial charge on any atom is -0.456 e. The lowest BCUT2D eigenvalue weighted by Gasteiger charge is -2.46. The van der Waals surface area contributed by atoms with E-state index in [1.807, 2.05) is 18.2 Å². The number of benzene rings is 2. The average Bonchev–Trinajstić information content (AvgIpc) is 2.98. The van der Waals surface area contributed by atoms with Gasteiger partial charge in [-0.25, -0.2) is 0 Å². The van der Waals surface area contributed by atoms with E-state index in [0.29, 0.717) is 27.5 Å². The molecule has 2 aromatic carbocycles. The number of halogens is 2. The summed E-state index contributed by atoms with van der Waals surface area (Å²) in [6.07, 6.45) is 6.78. The predicted octanol–water partition coefficient (Wildman–Crippen LogP) is 7.17. The fraction of sp³-hybridized carbons (Fsp3) is 0.462. The molecule has 2 aromatic rings. The van der Waals surface area contributed by atoms with Gasteiger partial charge in [0, 0.05) is 16.4 Å². The van der Waals surface area contributed by atoms with E-state index >= 15 is 0 Å². The van der Waals surface area contributed by atoms with Gasteiger partial charge in [-0.15, -0.1) is 0 Å². The van der Waals surface area contributed by atoms with Crippen molar-refractivity contribution in [3.63, 3.8) is 0 Å². The van der Waals surface area contributed by atoms with Crippen LogP contribution in [0.2, 0.25) is 10.0 Å². The van der Waals surface area contributed by atoms with Crippen molar-refractivity contribution >= 4 is 34.8 Å². The molecule has 0 aliphatic heterocycles. The highest BCUT2D eigenvalue weighted by Crippen LogP contribution is 2.61. The summed E-state index contributed by atoms with van der Waals surface area (Å²) in [5.41, 5.74) is 1.42. The molecule has 31 heavy (non-hydrogen) atoms. The highest BCUT2D eigenvalue weighted by Gasteiger charge is 2.64. The molecule has 2 unspecified atom stereocenters. The van der Waals surface area contributed by atoms with Gasteiger partial charge in [-0.2, -0.15) is 0 Å². The molecule has 0 radical (unpaired) electrons. The van der Waals surface area contributed by atoms with Crippen molar-refractivity contribution in [3.8, 4) is 11.5 Å². The number of carbonyl (C=O) groups excluding carboxylic acids is 2. The molecule has 3 saturated carbocycles. The minimum absolute atomic E-state index is 0.0903. The molecule has 0 N–H and O–H groups in total. The Morgan fingerprint density at radius 3 is 2.42 bits per heavy atom. The summed E-state index contributed by atoms with van der Waals surface area (Å²) >= 11 is 12.3. The molecular weight excluding hydrogens is 431 g/mol. The standard InChI is InChI=1S/C26H26Cl2O3/c1-2-15-7-9-18(31-21-10-8-17(27)13-20(21)28)14-19(15)22-24(29)23-16-5-3-11-26(23,25(22)30)12-4-6-16/h7-10,13-14,16,22-23H,2-6,11-12H2,1H3. The number of ketones is 2. The molecule has 0 aromatic heterocycles. The molecule has 3 aliphatic rings. The summed E-state index contributed by atoms with van der Waals surface area (Å²) in [6, 6.07) is 10.8. The first-order chi connectivity index (χ1) is 14.9. The Morgan fingerprint density at radius 2 is 1.77 bits per heavy atom. The molecule has 2 atom stereocenters. The van der Waals surface area contributed by atoms with Gasteiger partial charge >= 0.3 is 0 Å². The predicted molar refractivity (Wildman–Crippen MR) is 122 cm³/mol. The monoisotopic (exact) mass is 456 g/mol. The van der Waals surface area contributed by atoms with E-state index in [2.05, 4.69) is 6.92 Å². The maximum atomic E-state index is 13.8. The molecular formula is C26H26Cl2O3. The van der Waals surface area contributed by atoms with Gasteiger partial charge in [-0.1, -0.05) is 49.0 Å². The van der Waals surface area contributed by atoms with Crippen molar-refractivity contribution in [2.45, 2.75) is 57.8 Å². The summed E-state index contributed by atoms with van der Waals surface area (Å²) in [5.74, 6) is 0.992. The van der Waals surface area contributed by atoms with Gasteiger partial charge in [-0.05, 0) is 79.5 Å². The summed E-state index contributed by atoms with van der Waals surface area (Å²) in [4.78, 5) is 27.5. The zero-order valence-electron chi connectivity index (χ0n) is 17.6. The molecule has 5 heteroatoms. The third-order valence-electron chi connectivity index (χ3n) is 7.74. The van der Waals surface area contributed by atoms with E-state index in [0.717, 1.165) is 56.1 Å². The van der Waals surface area contributed by atoms with Crippen LogP contribution in [0.15, 0.2) is 36.4 Å². The third kappa shape index (κ3) is 3.32. The van der Waals surface area contributed by atoms with Crippen molar-refractivity contribution in [2.75, 3.05) is 0 Å². The summed E-state index contributed by atoms with van der Waals surface area (Å²) in [7, 11) is 0. The highest BCUT2D eigenvalue weighted by atomic mass is 35.5. The Balaban J connectivity index is 1.54. The summed E-state index contributed by atoms with van der Waals surface area (Å²) < 4.78 is 6.02. The molecule has 3 nitrogen and oxygen atoms in total. The number of Topliss-reactive ketones (excluding diaryl/α,β-unsaturated/α-hetero) is 2. The van der Waals surface area contributed by atoms with Gasteiger partial charge in [0.25, 0.3) is 0 Å². The van der Waals surface area contributed by atoms with Crippen LogP contribution < -0.4 is 4.74 Å². The number of hydrogen-bond acceptors (Lipinski definition) is 3. The van der Waals surface area contributed by atoms with Crippen LogP contribution >= 0.6 is 23.2 Å². The Labute approximate surface area is 193 Å². The van der Waals surface area contributed by atoms with Crippen molar-refractivity contribution < 1.29 is 14.3 Å². The van der Waals surface area contributed by atoms with Crippen LogP contribution in [-0.2, 0) is 16.0 Å². The summed E-state index contributed by atoms with van der Waals surface area (Å²) in [6.45, 7) is 2.06. The lowest BCUT2D eigenvalue weighted by molar-refractivity contribution is -0.136. The smallest absolute Gasteiger partial charge is 0.154 e. The SMILES string of the molecule is CCc1ccc(Oc2ccc(Cl)cc2Cl)cc1C1C(=O)C2C3CCCC2(CCC3)C1=O. The molecule has 0 amide bonds. The van der Waals surface area contributed by atoms with Crippen LogP contribution in [-0.4, -0.2) is 11.6 Å². The van der Waals surface area contributed by atoms with E-state index in [4.69, 9.17) is 27.9 Å². The maximum Gasteiger partial charge on any atom is 0.154 e. The van der Waals surface area contributed by atoms with Gasteiger partial charge in [0.1, 0.15) is 17.4 Å². The van der Waals surface area contributed by atoms with Gasteiger partial charge < -0.3 is 4.74 Å². The molecule has 3 fully saturated rings. The molecule has 5 rings (SSSR count). The van der Waals surface area contributed by atoms with Gasteiger partial charge in [-0.3, -0.25) is 9.59 Å². The molecule has 2 bridgehead atoms. The van der Waals surface area contributed by atoms with Crippen LogP contribution in [0.25, 0.3) is 0 Å². The number of hydrogen-bond donors (Lipinski definition) is 0. The van der Waals surface area contributed by atoms with Crippen molar-refractivity contribution in [1.29, 1.82) is 0 Å². The van der Waals surface area contributed by atoms with E-state index in [1.54, 1.807) is 18.2 Å². The van der Waals surface area contributed by atoms with Crippen molar-refractivity contribution in [2.24, 2.45) is 17.3 Å². The van der Waals surface area contributed by atoms with Crippen LogP contribution in [0.5, 0.6) is 11.5 Å². The molecule has 0 saturated heterocycles. The highest BCUT2D eigenvalue weighted by molar-refractivity contribution is 6.35. The normalized spacial score (nSPS) is 29.7. The largest absolute Gasteiger partial charge is 0.456 e. The zero-order chi connectivity index (χ0) is 21.8. The molecule has 3 aliphatic carbocycles. The van der Waals surface area contributed by atoms with Crippen molar-refractivity contribution in [1.82, 2.24) is 0 Å². The number of aryl methyl sites for hydroxylation is 1. The summed E-state index contributed by atoms with van der Waals surface area (Å²) in [5, 5.41) is 0.954. The zero-order valence-corrected chi connectivity index (χ0v) is 19.1. The first-order valence-corrected chi connectivity index (χ1v) is 12.0.